The van der Waals surface area contributed by atoms with E-state index in [2.05, 4.69) is 130 Å². The maximum atomic E-state index is 7.14. The fraction of sp³-hybridized carbons (Fsp3) is 0.419. The first-order valence-corrected chi connectivity index (χ1v) is 18.5. The first kappa shape index (κ1) is 35.1. The molecule has 5 nitrogen and oxygen atoms in total. The zero-order chi connectivity index (χ0) is 35.7. The van der Waals surface area contributed by atoms with E-state index < -0.39 is 14.3 Å². The summed E-state index contributed by atoms with van der Waals surface area (Å²) in [6.07, 6.45) is -0.534. The Hall–Kier alpha value is -3.79. The second-order valence-electron chi connectivity index (χ2n) is 17.6. The Balaban J connectivity index is 1.77. The number of benzene rings is 4. The number of nitrogens with zero attached hydrogens (tertiary/aromatic N) is 2. The number of rotatable bonds is 4. The average Bonchev–Trinajstić information content (AvgIpc) is 3.24. The third-order valence-corrected chi connectivity index (χ3v) is 10.5. The van der Waals surface area contributed by atoms with Crippen molar-refractivity contribution in [3.8, 4) is 0 Å². The van der Waals surface area contributed by atoms with Gasteiger partial charge >= 0.3 is 8.24 Å². The van der Waals surface area contributed by atoms with Gasteiger partial charge in [0.1, 0.15) is 17.0 Å². The van der Waals surface area contributed by atoms with Crippen molar-refractivity contribution in [3.05, 3.63) is 113 Å². The Morgan fingerprint density at radius 1 is 0.612 bits per heavy atom. The lowest BCUT2D eigenvalue weighted by atomic mass is 9.77. The minimum atomic E-state index is -1.96. The lowest BCUT2D eigenvalue weighted by molar-refractivity contribution is 0.290. The van der Waals surface area contributed by atoms with Gasteiger partial charge in [0.2, 0.25) is 0 Å². The molecule has 0 aliphatic carbocycles. The van der Waals surface area contributed by atoms with E-state index >= 15 is 0 Å². The SMILES string of the molecule is Cn1c([C@@H](Op2oc3c(C(C)(C)C)cc(C(C)(C)C)cc3c3cc(C(C)(C)C)cc(C(C)(C)C)c3o2)c2ccccc2)nc2ccccc21. The van der Waals surface area contributed by atoms with Crippen LogP contribution >= 0.6 is 8.24 Å². The molecule has 2 aromatic heterocycles. The van der Waals surface area contributed by atoms with E-state index in [1.807, 2.05) is 43.4 Å². The van der Waals surface area contributed by atoms with Crippen LogP contribution in [0.15, 0.2) is 87.3 Å². The standard InChI is InChI=1S/C43H53N2O3P/c1-40(2,3)28-23-30-31-24-29(41(4,5)6)26-33(43(10,11)12)38(31)48-49(47-37(30)32(25-28)42(7,8)9)46-36(27-19-15-14-16-20-27)39-44-34-21-17-18-22-35(34)45(39)13/h14-26,36H,1-13H3/t36-/m0/s1. The van der Waals surface area contributed by atoms with Crippen LogP contribution < -0.4 is 4.52 Å². The summed E-state index contributed by atoms with van der Waals surface area (Å²) in [7, 11) is 0.0943. The number of para-hydroxylation sites is 2. The predicted octanol–water partition coefficient (Wildman–Crippen LogP) is 12.6. The molecule has 0 saturated heterocycles. The molecule has 0 amide bonds. The Morgan fingerprint density at radius 3 is 1.53 bits per heavy atom. The number of hydrogen-bond acceptors (Lipinski definition) is 4. The summed E-state index contributed by atoms with van der Waals surface area (Å²) in [6, 6.07) is 27.8. The van der Waals surface area contributed by atoms with Crippen molar-refractivity contribution < 1.29 is 12.9 Å². The fourth-order valence-electron chi connectivity index (χ4n) is 6.42. The van der Waals surface area contributed by atoms with Crippen LogP contribution in [0.4, 0.5) is 0 Å². The molecule has 6 aromatic rings. The van der Waals surface area contributed by atoms with Crippen LogP contribution in [0.1, 0.15) is 123 Å². The van der Waals surface area contributed by atoms with Gasteiger partial charge in [0.25, 0.3) is 0 Å². The number of aromatic nitrogens is 2. The number of imidazole rings is 1. The normalized spacial score (nSPS) is 13.8. The quantitative estimate of drug-likeness (QED) is 0.186. The first-order valence-electron chi connectivity index (χ1n) is 17.4. The molecule has 0 spiro atoms. The Kier molecular flexibility index (Phi) is 8.74. The van der Waals surface area contributed by atoms with Gasteiger partial charge in [-0.05, 0) is 62.6 Å². The van der Waals surface area contributed by atoms with Crippen LogP contribution in [0.3, 0.4) is 0 Å². The molecule has 258 valence electrons. The average molecular weight is 677 g/mol. The van der Waals surface area contributed by atoms with E-state index in [4.69, 9.17) is 17.9 Å². The third-order valence-electron chi connectivity index (χ3n) is 9.50. The van der Waals surface area contributed by atoms with Gasteiger partial charge in [-0.1, -0.05) is 138 Å². The van der Waals surface area contributed by atoms with E-state index in [-0.39, 0.29) is 21.7 Å². The van der Waals surface area contributed by atoms with Crippen LogP contribution in [-0.2, 0) is 28.7 Å². The van der Waals surface area contributed by atoms with Crippen molar-refractivity contribution in [3.63, 3.8) is 0 Å². The largest absolute Gasteiger partial charge is 0.399 e. The van der Waals surface area contributed by atoms with Gasteiger partial charge in [-0.2, -0.15) is 0 Å². The van der Waals surface area contributed by atoms with Gasteiger partial charge in [-0.3, -0.25) is 4.52 Å². The third kappa shape index (κ3) is 6.85. The highest BCUT2D eigenvalue weighted by Crippen LogP contribution is 2.46. The molecule has 0 fully saturated rings. The van der Waals surface area contributed by atoms with Crippen molar-refractivity contribution in [2.24, 2.45) is 7.05 Å². The summed E-state index contributed by atoms with van der Waals surface area (Å²) in [5.74, 6) is 0.796. The zero-order valence-corrected chi connectivity index (χ0v) is 32.5. The second-order valence-corrected chi connectivity index (χ2v) is 18.6. The molecule has 0 unspecified atom stereocenters. The van der Waals surface area contributed by atoms with Crippen molar-refractivity contribution in [2.75, 3.05) is 0 Å². The van der Waals surface area contributed by atoms with E-state index in [0.717, 1.165) is 55.5 Å². The second kappa shape index (κ2) is 12.2. The Morgan fingerprint density at radius 2 is 1.08 bits per heavy atom. The Bertz CT molecular complexity index is 2100. The summed E-state index contributed by atoms with van der Waals surface area (Å²) >= 11 is 0. The summed E-state index contributed by atoms with van der Waals surface area (Å²) in [4.78, 5) is 5.09. The molecule has 2 heterocycles. The molecule has 0 aliphatic heterocycles. The maximum Gasteiger partial charge on any atom is 0.388 e. The molecular weight excluding hydrogens is 623 g/mol. The molecular formula is C43H53N2O3P. The van der Waals surface area contributed by atoms with Gasteiger partial charge in [0, 0.05) is 28.9 Å². The van der Waals surface area contributed by atoms with Crippen LogP contribution in [0.5, 0.6) is 0 Å². The minimum Gasteiger partial charge on any atom is -0.399 e. The van der Waals surface area contributed by atoms with Crippen molar-refractivity contribution >= 4 is 41.2 Å². The fourth-order valence-corrected chi connectivity index (χ4v) is 7.62. The highest BCUT2D eigenvalue weighted by molar-refractivity contribution is 7.31. The van der Waals surface area contributed by atoms with Crippen LogP contribution in [0.25, 0.3) is 33.0 Å². The Labute approximate surface area is 293 Å². The van der Waals surface area contributed by atoms with E-state index in [9.17, 15) is 0 Å². The predicted molar refractivity (Wildman–Crippen MR) is 207 cm³/mol. The van der Waals surface area contributed by atoms with Gasteiger partial charge in [0.15, 0.2) is 6.10 Å². The molecule has 6 heteroatoms. The van der Waals surface area contributed by atoms with Crippen LogP contribution in [0.2, 0.25) is 0 Å². The number of hydrogen-bond donors (Lipinski definition) is 0. The molecule has 1 atom stereocenters. The summed E-state index contributed by atoms with van der Waals surface area (Å²) in [5, 5.41) is 2.10. The first-order chi connectivity index (χ1) is 22.7. The molecule has 6 rings (SSSR count). The number of aryl methyl sites for hydroxylation is 1. The van der Waals surface area contributed by atoms with Gasteiger partial charge in [0.05, 0.1) is 11.0 Å². The van der Waals surface area contributed by atoms with Crippen LogP contribution in [0, 0.1) is 0 Å². The summed E-state index contributed by atoms with van der Waals surface area (Å²) in [5.41, 5.74) is 8.85. The highest BCUT2D eigenvalue weighted by Gasteiger charge is 2.30. The summed E-state index contributed by atoms with van der Waals surface area (Å²) in [6.45, 7) is 27.2. The van der Waals surface area contributed by atoms with Gasteiger partial charge < -0.3 is 13.0 Å². The maximum absolute atomic E-state index is 7.14. The smallest absolute Gasteiger partial charge is 0.388 e. The molecule has 0 radical (unpaired) electrons. The lowest BCUT2D eigenvalue weighted by Crippen LogP contribution is -2.17. The molecule has 49 heavy (non-hydrogen) atoms. The van der Waals surface area contributed by atoms with E-state index in [1.165, 1.54) is 11.1 Å². The topological polar surface area (TPSA) is 53.3 Å². The monoisotopic (exact) mass is 676 g/mol. The molecule has 0 saturated carbocycles. The van der Waals surface area contributed by atoms with E-state index in [0.29, 0.717) is 0 Å². The van der Waals surface area contributed by atoms with E-state index in [1.54, 1.807) is 0 Å². The van der Waals surface area contributed by atoms with Gasteiger partial charge in [-0.25, -0.2) is 4.98 Å². The van der Waals surface area contributed by atoms with Crippen molar-refractivity contribution in [2.45, 2.75) is 111 Å². The zero-order valence-electron chi connectivity index (χ0n) is 31.6. The van der Waals surface area contributed by atoms with Gasteiger partial charge in [-0.15, -0.1) is 0 Å². The van der Waals surface area contributed by atoms with Crippen LogP contribution in [-0.4, -0.2) is 9.55 Å². The highest BCUT2D eigenvalue weighted by atomic mass is 31.1. The molecule has 0 N–H and O–H groups in total. The summed E-state index contributed by atoms with van der Waals surface area (Å²) < 4.78 is 23.5. The lowest BCUT2D eigenvalue weighted by Gasteiger charge is -2.27. The molecule has 0 bridgehead atoms. The minimum absolute atomic E-state index is 0.0727. The molecule has 4 aromatic carbocycles. The van der Waals surface area contributed by atoms with Crippen molar-refractivity contribution in [1.82, 2.24) is 9.55 Å². The number of fused-ring (bicyclic) bond motifs is 4. The van der Waals surface area contributed by atoms with Crippen molar-refractivity contribution in [1.29, 1.82) is 0 Å². The molecule has 0 aliphatic rings.